The molecule has 4 nitrogen and oxygen atoms in total. The average molecular weight is 1280 g/mol. The van der Waals surface area contributed by atoms with Crippen molar-refractivity contribution < 1.29 is 0 Å². The predicted molar refractivity (Wildman–Crippen MR) is 434 cm³/mol. The number of hydrogen-bond acceptors (Lipinski definition) is 0. The molecule has 10 rings (SSSR count). The third-order valence-corrected chi connectivity index (χ3v) is 17.0. The van der Waals surface area contributed by atoms with E-state index in [0.29, 0.717) is 0 Å². The van der Waals surface area contributed by atoms with Gasteiger partial charge in [0.2, 0.25) is 0 Å². The lowest BCUT2D eigenvalue weighted by Gasteiger charge is -2.14. The minimum Gasteiger partial charge on any atom is -0.115 e. The molecule has 0 heterocycles. The van der Waals surface area contributed by atoms with Gasteiger partial charge in [-0.3, -0.25) is 0 Å². The van der Waals surface area contributed by atoms with Crippen LogP contribution in [-0.2, 0) is 0 Å². The van der Waals surface area contributed by atoms with Crippen LogP contribution < -0.4 is 0 Å². The number of fused-ring (bicyclic) bond motifs is 4. The van der Waals surface area contributed by atoms with Crippen molar-refractivity contribution >= 4 is 43.1 Å². The van der Waals surface area contributed by atoms with Gasteiger partial charge in [-0.05, 0) is 304 Å². The zero-order valence-electron chi connectivity index (χ0n) is 65.3. The Hall–Kier alpha value is -9.68. The van der Waals surface area contributed by atoms with Gasteiger partial charge in [-0.1, -0.05) is 179 Å². The van der Waals surface area contributed by atoms with Gasteiger partial charge in [-0.2, -0.15) is 0 Å². The molecule has 0 fully saturated rings. The summed E-state index contributed by atoms with van der Waals surface area (Å²) in [4.78, 5) is 13.9. The van der Waals surface area contributed by atoms with Crippen LogP contribution in [0.2, 0.25) is 0 Å². The van der Waals surface area contributed by atoms with Gasteiger partial charge in [-0.15, -0.1) is 12.8 Å². The SMILES string of the molecule is C#Cc1c(C)c(C)c(C#C)c(C)c1C.CC#[N+]C.CC#[N+]C.CC#[N+]C.CC#[N+]C.Cc1cc(C)c(C)cc1C.Cc1cc(C)c2c(C)cc(C)cc2c1.Cc1cc(C)c2c(C)cc(C)cc2c1.Cc1cc(C)c2c(C)cc(C)cc2c1.Cc1cc(C)c2cc(C)c(C)cc2c1. The maximum atomic E-state index is 5.48. The molecule has 4 heteroatoms. The van der Waals surface area contributed by atoms with Crippen LogP contribution in [0.1, 0.15) is 172 Å². The van der Waals surface area contributed by atoms with E-state index in [1.54, 1.807) is 55.9 Å². The number of hydrogen-bond donors (Lipinski definition) is 0. The van der Waals surface area contributed by atoms with Crippen LogP contribution >= 0.6 is 0 Å². The molecule has 0 N–H and O–H groups in total. The van der Waals surface area contributed by atoms with Gasteiger partial charge < -0.3 is 0 Å². The topological polar surface area (TPSA) is 17.4 Å². The molecule has 0 saturated carbocycles. The summed E-state index contributed by atoms with van der Waals surface area (Å²) in [5.41, 5.74) is 33.9. The number of benzene rings is 10. The summed E-state index contributed by atoms with van der Waals surface area (Å²) < 4.78 is 0. The van der Waals surface area contributed by atoms with Crippen molar-refractivity contribution in [2.24, 2.45) is 0 Å². The number of aryl methyl sites for hydroxylation is 20. The van der Waals surface area contributed by atoms with Crippen molar-refractivity contribution in [2.75, 3.05) is 28.2 Å². The highest BCUT2D eigenvalue weighted by Gasteiger charge is 2.12. The van der Waals surface area contributed by atoms with Crippen LogP contribution in [0.5, 0.6) is 0 Å². The van der Waals surface area contributed by atoms with Gasteiger partial charge >= 0.3 is 0 Å². The Labute approximate surface area is 584 Å². The molecule has 0 spiro atoms. The molecule has 0 aromatic heterocycles. The Morgan fingerprint density at radius 1 is 0.219 bits per heavy atom. The fourth-order valence-electron chi connectivity index (χ4n) is 11.9. The lowest BCUT2D eigenvalue weighted by molar-refractivity contribution is 1.20. The molecule has 0 bridgehead atoms. The van der Waals surface area contributed by atoms with E-state index in [0.717, 1.165) is 33.4 Å². The number of rotatable bonds is 0. The first-order chi connectivity index (χ1) is 45.1. The monoisotopic (exact) mass is 1280 g/mol. The number of nitrogens with zero attached hydrogens (tertiary/aromatic N) is 4. The normalized spacial score (nSPS) is 9.31. The first-order valence-corrected chi connectivity index (χ1v) is 33.2. The summed E-state index contributed by atoms with van der Waals surface area (Å²) in [6, 6.07) is 50.9. The van der Waals surface area contributed by atoms with Crippen molar-refractivity contribution in [3.63, 3.8) is 0 Å². The minimum absolute atomic E-state index is 0.985. The molecule has 10 aromatic rings. The van der Waals surface area contributed by atoms with Gasteiger partial charge in [0.25, 0.3) is 52.5 Å². The summed E-state index contributed by atoms with van der Waals surface area (Å²) in [6.45, 7) is 58.6. The minimum atomic E-state index is 0.985. The standard InChI is InChI=1S/4C14H16.C14H14.C10H14.4C3H6N/c3*1-9-5-11(3)14-12(4)6-10(2)8-13(14)7-9;1-9-5-12(4)14-8-11(3)10(2)7-13(14)6-9;1-7-13-9(3)11(5)14(8-2)12(6)10(13)4;1-7-5-9(3)10(4)6-8(7)2;4*1-3-4-2/h4*5-8H,1-4H3;1-2H,3-6H3;5-6H,1-4H3;4*1-2H3/q;;;;;;4*+1. The maximum absolute atomic E-state index is 5.48. The van der Waals surface area contributed by atoms with E-state index in [4.69, 9.17) is 12.8 Å². The molecule has 0 aliphatic heterocycles. The first kappa shape index (κ1) is 84.3. The zero-order chi connectivity index (χ0) is 73.4. The van der Waals surface area contributed by atoms with E-state index >= 15 is 0 Å². The van der Waals surface area contributed by atoms with Crippen LogP contribution in [0, 0.1) is 215 Å². The molecular weight excluding hydrogens is 1160 g/mol. The summed E-state index contributed by atoms with van der Waals surface area (Å²) in [6.07, 6.45) is 11.0. The molecular formula is C92H116N4+4. The van der Waals surface area contributed by atoms with Crippen LogP contribution in [0.25, 0.3) is 62.5 Å². The highest BCUT2D eigenvalue weighted by atomic mass is 14.6. The number of terminal acetylenes is 2. The smallest absolute Gasteiger partial charge is 0.115 e. The summed E-state index contributed by atoms with van der Waals surface area (Å²) in [5.74, 6) is 5.46. The Morgan fingerprint density at radius 3 is 0.594 bits per heavy atom. The van der Waals surface area contributed by atoms with Gasteiger partial charge in [0.05, 0.1) is 27.7 Å². The van der Waals surface area contributed by atoms with Gasteiger partial charge in [0, 0.05) is 11.1 Å². The second-order valence-corrected chi connectivity index (χ2v) is 25.4. The van der Waals surface area contributed by atoms with Crippen molar-refractivity contribution in [3.05, 3.63) is 273 Å². The highest BCUT2D eigenvalue weighted by Crippen LogP contribution is 2.30. The van der Waals surface area contributed by atoms with Crippen molar-refractivity contribution in [1.29, 1.82) is 0 Å². The van der Waals surface area contributed by atoms with Gasteiger partial charge in [-0.25, -0.2) is 0 Å². The fraction of sp³-hybridized carbons (Fsp3) is 0.348. The highest BCUT2D eigenvalue weighted by molar-refractivity contribution is 5.92. The molecule has 10 aromatic carbocycles. The van der Waals surface area contributed by atoms with Crippen LogP contribution in [-0.4, -0.2) is 28.2 Å². The molecule has 0 atom stereocenters. The van der Waals surface area contributed by atoms with E-state index in [2.05, 4.69) is 303 Å². The first-order valence-electron chi connectivity index (χ1n) is 33.2. The van der Waals surface area contributed by atoms with E-state index in [1.165, 1.54) is 154 Å². The van der Waals surface area contributed by atoms with E-state index in [9.17, 15) is 0 Å². The van der Waals surface area contributed by atoms with Crippen LogP contribution in [0.15, 0.2) is 109 Å². The Bertz CT molecular complexity index is 4120. The third-order valence-electron chi connectivity index (χ3n) is 17.0. The van der Waals surface area contributed by atoms with E-state index < -0.39 is 0 Å². The van der Waals surface area contributed by atoms with E-state index in [1.807, 2.05) is 27.7 Å². The Morgan fingerprint density at radius 2 is 0.396 bits per heavy atom. The zero-order valence-corrected chi connectivity index (χ0v) is 65.3. The summed E-state index contributed by atoms with van der Waals surface area (Å²) in [5, 5.41) is 11.1. The lowest BCUT2D eigenvalue weighted by Crippen LogP contribution is -2.00. The molecule has 0 radical (unpaired) electrons. The summed E-state index contributed by atoms with van der Waals surface area (Å²) in [7, 11) is 6.78. The molecule has 0 unspecified atom stereocenters. The molecule has 0 saturated heterocycles. The van der Waals surface area contributed by atoms with Crippen LogP contribution in [0.3, 0.4) is 0 Å². The molecule has 96 heavy (non-hydrogen) atoms. The predicted octanol–water partition coefficient (Wildman–Crippen LogP) is 26.0. The second-order valence-electron chi connectivity index (χ2n) is 25.4. The molecule has 0 aliphatic rings. The summed E-state index contributed by atoms with van der Waals surface area (Å²) >= 11 is 0. The largest absolute Gasteiger partial charge is 0.269 e. The van der Waals surface area contributed by atoms with E-state index in [-0.39, 0.29) is 0 Å². The van der Waals surface area contributed by atoms with Crippen molar-refractivity contribution in [3.8, 4) is 49.0 Å². The van der Waals surface area contributed by atoms with Gasteiger partial charge in [0.1, 0.15) is 0 Å². The Balaban J connectivity index is 0.000000552. The van der Waals surface area contributed by atoms with Crippen molar-refractivity contribution in [2.45, 2.75) is 194 Å². The third kappa shape index (κ3) is 25.9. The van der Waals surface area contributed by atoms with Crippen LogP contribution in [0.4, 0.5) is 0 Å². The van der Waals surface area contributed by atoms with Crippen molar-refractivity contribution in [1.82, 2.24) is 0 Å². The Kier molecular flexibility index (Phi) is 36.8. The molecule has 500 valence electrons. The molecule has 0 aliphatic carbocycles. The lowest BCUT2D eigenvalue weighted by atomic mass is 9.89. The average Bonchev–Trinajstić information content (AvgIpc) is 0.857. The fourth-order valence-corrected chi connectivity index (χ4v) is 11.9. The maximum Gasteiger partial charge on any atom is 0.269 e. The second kappa shape index (κ2) is 41.9. The quantitative estimate of drug-likeness (QED) is 0.135. The molecule has 0 amide bonds. The van der Waals surface area contributed by atoms with Gasteiger partial charge in [0.15, 0.2) is 0 Å².